The summed E-state index contributed by atoms with van der Waals surface area (Å²) >= 11 is 0. The molecule has 0 saturated carbocycles. The minimum Gasteiger partial charge on any atom is -0.507 e. The van der Waals surface area contributed by atoms with Crippen molar-refractivity contribution in [2.24, 2.45) is 0 Å². The van der Waals surface area contributed by atoms with Gasteiger partial charge < -0.3 is 24.2 Å². The Morgan fingerprint density at radius 1 is 0.860 bits per heavy atom. The summed E-state index contributed by atoms with van der Waals surface area (Å²) in [5, 5.41) is 11.5. The third-order valence-electron chi connectivity index (χ3n) is 7.04. The molecule has 8 heteroatoms. The van der Waals surface area contributed by atoms with Crippen LogP contribution >= 0.6 is 0 Å². The van der Waals surface area contributed by atoms with Crippen molar-refractivity contribution in [2.45, 2.75) is 39.5 Å². The summed E-state index contributed by atoms with van der Waals surface area (Å²) in [4.78, 5) is 32.6. The predicted octanol–water partition coefficient (Wildman–Crippen LogP) is 6.47. The van der Waals surface area contributed by atoms with Gasteiger partial charge in [0.05, 0.1) is 24.8 Å². The van der Waals surface area contributed by atoms with Gasteiger partial charge in [-0.1, -0.05) is 49.4 Å². The summed E-state index contributed by atoms with van der Waals surface area (Å²) < 4.78 is 17.7. The second-order valence-electron chi connectivity index (χ2n) is 10.1. The van der Waals surface area contributed by atoms with Crippen LogP contribution in [0.15, 0.2) is 103 Å². The second-order valence-corrected chi connectivity index (χ2v) is 10.1. The van der Waals surface area contributed by atoms with Gasteiger partial charge in [-0.15, -0.1) is 0 Å². The molecule has 1 fully saturated rings. The Labute approximate surface area is 251 Å². The topological polar surface area (TPSA) is 98.2 Å². The van der Waals surface area contributed by atoms with Crippen LogP contribution in [0.1, 0.15) is 48.6 Å². The number of aromatic nitrogens is 1. The number of benzene rings is 3. The van der Waals surface area contributed by atoms with Crippen molar-refractivity contribution in [3.8, 4) is 17.2 Å². The zero-order valence-corrected chi connectivity index (χ0v) is 24.2. The van der Waals surface area contributed by atoms with Crippen LogP contribution in [0.3, 0.4) is 0 Å². The average Bonchev–Trinajstić information content (AvgIpc) is 3.29. The molecular weight excluding hydrogens is 544 g/mol. The minimum absolute atomic E-state index is 0.00322. The molecule has 4 aromatic rings. The molecule has 1 atom stereocenters. The Morgan fingerprint density at radius 3 is 2.33 bits per heavy atom. The van der Waals surface area contributed by atoms with E-state index in [-0.39, 0.29) is 17.9 Å². The summed E-state index contributed by atoms with van der Waals surface area (Å²) in [5.41, 5.74) is 2.75. The lowest BCUT2D eigenvalue weighted by Crippen LogP contribution is -2.29. The van der Waals surface area contributed by atoms with E-state index in [2.05, 4.69) is 4.98 Å². The number of likely N-dealkylation sites (tertiary alicyclic amines) is 1. The fourth-order valence-electron chi connectivity index (χ4n) is 4.98. The second kappa shape index (κ2) is 13.7. The number of aliphatic hydroxyl groups is 1. The van der Waals surface area contributed by atoms with Crippen LogP contribution in [-0.2, 0) is 22.7 Å². The first-order valence-electron chi connectivity index (χ1n) is 14.3. The summed E-state index contributed by atoms with van der Waals surface area (Å²) in [7, 11) is 0. The molecule has 1 aromatic heterocycles. The molecule has 0 bridgehead atoms. The van der Waals surface area contributed by atoms with E-state index in [1.54, 1.807) is 60.9 Å². The molecule has 1 N–H and O–H groups in total. The zero-order chi connectivity index (χ0) is 30.2. The highest BCUT2D eigenvalue weighted by Gasteiger charge is 2.46. The Hall–Kier alpha value is -5.11. The number of pyridine rings is 1. The summed E-state index contributed by atoms with van der Waals surface area (Å²) in [6.45, 7) is 5.31. The third-order valence-corrected chi connectivity index (χ3v) is 7.04. The van der Waals surface area contributed by atoms with Crippen molar-refractivity contribution in [1.82, 2.24) is 9.88 Å². The SMILES string of the molecule is CCCOc1ccc(C(O)=C2C(=O)C(=O)N(Cc3cccnc3)C2c2ccc(OCc3ccccc3)c(OCC)c2)cc1. The number of aliphatic hydroxyl groups excluding tert-OH is 1. The minimum atomic E-state index is -0.876. The highest BCUT2D eigenvalue weighted by Crippen LogP contribution is 2.43. The van der Waals surface area contributed by atoms with Gasteiger partial charge in [0.2, 0.25) is 0 Å². The molecule has 1 saturated heterocycles. The Balaban J connectivity index is 1.56. The monoisotopic (exact) mass is 578 g/mol. The lowest BCUT2D eigenvalue weighted by Gasteiger charge is -2.26. The van der Waals surface area contributed by atoms with Crippen molar-refractivity contribution in [3.63, 3.8) is 0 Å². The average molecular weight is 579 g/mol. The van der Waals surface area contributed by atoms with Gasteiger partial charge in [0, 0.05) is 24.5 Å². The number of ether oxygens (including phenoxy) is 3. The molecule has 43 heavy (non-hydrogen) atoms. The van der Waals surface area contributed by atoms with Crippen LogP contribution in [0.2, 0.25) is 0 Å². The van der Waals surface area contributed by atoms with Crippen LogP contribution in [0.25, 0.3) is 5.76 Å². The van der Waals surface area contributed by atoms with Gasteiger partial charge in [-0.05, 0) is 72.5 Å². The number of nitrogens with zero attached hydrogens (tertiary/aromatic N) is 2. The summed E-state index contributed by atoms with van der Waals surface area (Å²) in [5.74, 6) is -0.0803. The maximum Gasteiger partial charge on any atom is 0.295 e. The largest absolute Gasteiger partial charge is 0.507 e. The van der Waals surface area contributed by atoms with Crippen LogP contribution in [0.5, 0.6) is 17.2 Å². The van der Waals surface area contributed by atoms with E-state index in [0.717, 1.165) is 17.5 Å². The van der Waals surface area contributed by atoms with Crippen LogP contribution < -0.4 is 14.2 Å². The zero-order valence-electron chi connectivity index (χ0n) is 24.2. The van der Waals surface area contributed by atoms with E-state index < -0.39 is 17.7 Å². The fourth-order valence-corrected chi connectivity index (χ4v) is 4.98. The molecule has 1 amide bonds. The molecule has 3 aromatic carbocycles. The standard InChI is InChI=1S/C35H34N2O6/c1-3-19-42-28-15-12-26(13-16-28)33(38)31-32(37(35(40)34(31)39)22-25-11-8-18-36-21-25)27-14-17-29(30(20-27)41-4-2)43-23-24-9-6-5-7-10-24/h5-18,20-21,32,38H,3-4,19,22-23H2,1-2H3. The van der Waals surface area contributed by atoms with Crippen molar-refractivity contribution >= 4 is 17.4 Å². The van der Waals surface area contributed by atoms with E-state index in [1.165, 1.54) is 4.90 Å². The van der Waals surface area contributed by atoms with E-state index in [4.69, 9.17) is 14.2 Å². The molecule has 220 valence electrons. The van der Waals surface area contributed by atoms with E-state index >= 15 is 0 Å². The highest BCUT2D eigenvalue weighted by molar-refractivity contribution is 6.46. The number of carbonyl (C=O) groups excluding carboxylic acids is 2. The molecule has 1 aliphatic heterocycles. The molecule has 0 radical (unpaired) electrons. The van der Waals surface area contributed by atoms with Crippen LogP contribution in [0, 0.1) is 0 Å². The Morgan fingerprint density at radius 2 is 1.63 bits per heavy atom. The molecule has 0 aliphatic carbocycles. The molecule has 8 nitrogen and oxygen atoms in total. The van der Waals surface area contributed by atoms with Crippen LogP contribution in [-0.4, -0.2) is 39.9 Å². The fraction of sp³-hybridized carbons (Fsp3) is 0.229. The lowest BCUT2D eigenvalue weighted by atomic mass is 9.94. The molecule has 1 unspecified atom stereocenters. The molecular formula is C35H34N2O6. The van der Waals surface area contributed by atoms with Gasteiger partial charge in [-0.3, -0.25) is 14.6 Å². The van der Waals surface area contributed by atoms with Gasteiger partial charge in [-0.2, -0.15) is 0 Å². The van der Waals surface area contributed by atoms with Gasteiger partial charge >= 0.3 is 0 Å². The molecule has 0 spiro atoms. The molecule has 2 heterocycles. The normalized spacial score (nSPS) is 15.9. The number of hydrogen-bond acceptors (Lipinski definition) is 7. The van der Waals surface area contributed by atoms with E-state index in [9.17, 15) is 14.7 Å². The maximum absolute atomic E-state index is 13.5. The molecule has 5 rings (SSSR count). The van der Waals surface area contributed by atoms with Gasteiger partial charge in [0.1, 0.15) is 18.1 Å². The number of Topliss-reactive ketones (excluding diaryl/α,β-unsaturated/α-hetero) is 1. The van der Waals surface area contributed by atoms with Gasteiger partial charge in [-0.25, -0.2) is 0 Å². The third kappa shape index (κ3) is 6.70. The number of ketones is 1. The first-order chi connectivity index (χ1) is 21.0. The number of rotatable bonds is 12. The maximum atomic E-state index is 13.5. The number of hydrogen-bond donors (Lipinski definition) is 1. The molecule has 1 aliphatic rings. The van der Waals surface area contributed by atoms with Crippen molar-refractivity contribution < 1.29 is 28.9 Å². The Bertz CT molecular complexity index is 1590. The van der Waals surface area contributed by atoms with Gasteiger partial charge in [0.25, 0.3) is 11.7 Å². The Kier molecular flexibility index (Phi) is 9.36. The summed E-state index contributed by atoms with van der Waals surface area (Å²) in [6.07, 6.45) is 4.16. The number of carbonyl (C=O) groups is 2. The summed E-state index contributed by atoms with van der Waals surface area (Å²) in [6, 6.07) is 24.7. The van der Waals surface area contributed by atoms with Crippen molar-refractivity contribution in [1.29, 1.82) is 0 Å². The van der Waals surface area contributed by atoms with Gasteiger partial charge in [0.15, 0.2) is 11.5 Å². The van der Waals surface area contributed by atoms with Crippen LogP contribution in [0.4, 0.5) is 0 Å². The highest BCUT2D eigenvalue weighted by atomic mass is 16.5. The van der Waals surface area contributed by atoms with Crippen molar-refractivity contribution in [2.75, 3.05) is 13.2 Å². The number of amides is 1. The predicted molar refractivity (Wildman–Crippen MR) is 163 cm³/mol. The van der Waals surface area contributed by atoms with E-state index in [0.29, 0.717) is 48.2 Å². The lowest BCUT2D eigenvalue weighted by molar-refractivity contribution is -0.140. The van der Waals surface area contributed by atoms with E-state index in [1.807, 2.05) is 50.2 Å². The first kappa shape index (κ1) is 29.4. The first-order valence-corrected chi connectivity index (χ1v) is 14.3. The quantitative estimate of drug-likeness (QED) is 0.117. The van der Waals surface area contributed by atoms with Crippen molar-refractivity contribution in [3.05, 3.63) is 125 Å². The smallest absolute Gasteiger partial charge is 0.295 e.